The van der Waals surface area contributed by atoms with E-state index in [9.17, 15) is 48.3 Å². The van der Waals surface area contributed by atoms with E-state index >= 15 is 0 Å². The molecule has 1 saturated heterocycles. The highest BCUT2D eigenvalue weighted by Gasteiger charge is 2.37. The van der Waals surface area contributed by atoms with Gasteiger partial charge in [-0.2, -0.15) is 0 Å². The molecule has 6 atom stereocenters. The summed E-state index contributed by atoms with van der Waals surface area (Å²) < 4.78 is 0. The first-order valence-electron chi connectivity index (χ1n) is 17.4. The van der Waals surface area contributed by atoms with Gasteiger partial charge in [0.15, 0.2) is 5.96 Å². The highest BCUT2D eigenvalue weighted by atomic mass is 16.4. The van der Waals surface area contributed by atoms with Crippen LogP contribution >= 0.6 is 0 Å². The maximum atomic E-state index is 13.3. The highest BCUT2D eigenvalue weighted by molar-refractivity contribution is 5.97. The largest absolute Gasteiger partial charge is 0.481 e. The van der Waals surface area contributed by atoms with Crippen molar-refractivity contribution in [1.29, 1.82) is 0 Å². The Hall–Kier alpha value is -5.58. The molecule has 0 aromatic carbocycles. The van der Waals surface area contributed by atoms with Gasteiger partial charge in [-0.25, -0.2) is 0 Å². The van der Waals surface area contributed by atoms with E-state index in [1.54, 1.807) is 0 Å². The fraction of sp³-hybridized carbons (Fsp3) is 0.677. The van der Waals surface area contributed by atoms with Crippen molar-refractivity contribution < 1.29 is 53.4 Å². The van der Waals surface area contributed by atoms with Crippen LogP contribution in [0.3, 0.4) is 0 Å². The molecule has 304 valence electrons. The Balaban J connectivity index is 2.90. The van der Waals surface area contributed by atoms with Crippen LogP contribution in [0.2, 0.25) is 0 Å². The molecule has 23 nitrogen and oxygen atoms in total. The summed E-state index contributed by atoms with van der Waals surface area (Å²) in [6.45, 7) is 1.95. The van der Waals surface area contributed by atoms with Crippen molar-refractivity contribution in [3.63, 3.8) is 0 Å². The molecular weight excluding hydrogens is 716 g/mol. The first-order valence-corrected chi connectivity index (χ1v) is 17.4. The Morgan fingerprint density at radius 3 is 1.98 bits per heavy atom. The maximum absolute atomic E-state index is 13.3. The van der Waals surface area contributed by atoms with E-state index in [0.717, 1.165) is 0 Å². The summed E-state index contributed by atoms with van der Waals surface area (Å²) >= 11 is 0. The number of nitrogens with one attached hydrogen (secondary N) is 6. The highest BCUT2D eigenvalue weighted by Crippen LogP contribution is 2.18. The summed E-state index contributed by atoms with van der Waals surface area (Å²) in [6, 6.07) is -7.22. The van der Waals surface area contributed by atoms with E-state index in [2.05, 4.69) is 36.9 Å². The minimum atomic E-state index is -1.68. The molecule has 23 heteroatoms. The Kier molecular flexibility index (Phi) is 20.5. The predicted octanol–water partition coefficient (Wildman–Crippen LogP) is -5.74. The van der Waals surface area contributed by atoms with Gasteiger partial charge in [-0.05, 0) is 65.3 Å². The fourth-order valence-corrected chi connectivity index (χ4v) is 5.13. The minimum Gasteiger partial charge on any atom is -0.481 e. The number of carbonyl (C=O) groups excluding carboxylic acids is 7. The van der Waals surface area contributed by atoms with Gasteiger partial charge in [0.25, 0.3) is 0 Å². The number of aliphatic imine (C=N–C) groups is 1. The summed E-state index contributed by atoms with van der Waals surface area (Å²) in [5.74, 6) is -8.52. The van der Waals surface area contributed by atoms with Crippen molar-refractivity contribution >= 4 is 59.2 Å². The normalized spacial score (nSPS) is 16.3. The molecule has 0 saturated carbocycles. The third-order valence-electron chi connectivity index (χ3n) is 8.04. The van der Waals surface area contributed by atoms with E-state index in [0.29, 0.717) is 25.8 Å². The molecule has 1 heterocycles. The number of carbonyl (C=O) groups is 9. The van der Waals surface area contributed by atoms with Gasteiger partial charge in [0, 0.05) is 13.1 Å². The van der Waals surface area contributed by atoms with Crippen LogP contribution in [0, 0.1) is 0 Å². The molecule has 0 aromatic heterocycles. The van der Waals surface area contributed by atoms with Crippen LogP contribution in [-0.2, 0) is 43.2 Å². The van der Waals surface area contributed by atoms with Gasteiger partial charge in [0.2, 0.25) is 41.4 Å². The molecular formula is C31H54N12O11. The van der Waals surface area contributed by atoms with Crippen molar-refractivity contribution in [1.82, 2.24) is 36.8 Å². The second-order valence-electron chi connectivity index (χ2n) is 12.6. The Morgan fingerprint density at radius 1 is 0.778 bits per heavy atom. The second kappa shape index (κ2) is 23.9. The lowest BCUT2D eigenvalue weighted by Gasteiger charge is -2.26. The number of likely N-dealkylation sites (tertiary alicyclic amines) is 1. The number of unbranched alkanes of at least 4 members (excludes halogenated alkanes) is 1. The van der Waals surface area contributed by atoms with Gasteiger partial charge in [-0.3, -0.25) is 48.1 Å². The predicted molar refractivity (Wildman–Crippen MR) is 191 cm³/mol. The quantitative estimate of drug-likeness (QED) is 0.0247. The molecule has 1 aliphatic rings. The number of hydrogen-bond donors (Lipinski definition) is 12. The second-order valence-corrected chi connectivity index (χ2v) is 12.6. The fourth-order valence-electron chi connectivity index (χ4n) is 5.13. The third kappa shape index (κ3) is 17.3. The van der Waals surface area contributed by atoms with Crippen LogP contribution in [0.5, 0.6) is 0 Å². The van der Waals surface area contributed by atoms with E-state index in [4.69, 9.17) is 28.0 Å². The molecule has 0 radical (unpaired) electrons. The molecule has 0 spiro atoms. The van der Waals surface area contributed by atoms with Crippen molar-refractivity contribution in [3.8, 4) is 0 Å². The lowest BCUT2D eigenvalue weighted by Crippen LogP contribution is -2.56. The number of nitrogens with two attached hydrogens (primary N) is 4. The average Bonchev–Trinajstić information content (AvgIpc) is 3.60. The summed E-state index contributed by atoms with van der Waals surface area (Å²) in [6.07, 6.45) is 1.17. The van der Waals surface area contributed by atoms with Gasteiger partial charge in [-0.15, -0.1) is 0 Å². The number of carboxylic acids is 2. The summed E-state index contributed by atoms with van der Waals surface area (Å²) in [4.78, 5) is 117. The van der Waals surface area contributed by atoms with Crippen molar-refractivity contribution in [3.05, 3.63) is 0 Å². The molecule has 1 rings (SSSR count). The van der Waals surface area contributed by atoms with Crippen LogP contribution in [-0.4, -0.2) is 143 Å². The SMILES string of the molecule is C[C@H](N)C(=O)N[C@@H](CCCCN)C(=O)NCC(=O)N1CCC[C@H]1C(=O)N[C@@H](CC(=O)O)C(=O)NCC(=O)N[C@@H](CCCN=C(N)N)C(=O)N[C@@H](C)C(=O)O. The lowest BCUT2D eigenvalue weighted by molar-refractivity contribution is -0.142. The van der Waals surface area contributed by atoms with Crippen molar-refractivity contribution in [2.24, 2.45) is 27.9 Å². The standard InChI is InChI=1S/C31H54N12O11/c1-16(33)25(48)41-18(7-3-4-10-32)26(49)38-15-23(45)43-12-6-9-21(43)29(52)42-20(13-24(46)47)27(50)37-14-22(44)40-19(8-5-11-36-31(34)35)28(51)39-17(2)30(53)54/h16-21H,3-15,32-33H2,1-2H3,(H,37,50)(H,38,49)(H,39,51)(H,40,44)(H,41,48)(H,42,52)(H,46,47)(H,53,54)(H4,34,35,36)/t16-,17-,18-,19-,20-,21-/m0/s1. The van der Waals surface area contributed by atoms with E-state index in [1.807, 2.05) is 0 Å². The number of carboxylic acid groups (broad SMARTS) is 2. The van der Waals surface area contributed by atoms with E-state index in [-0.39, 0.29) is 44.7 Å². The van der Waals surface area contributed by atoms with Crippen LogP contribution in [0.25, 0.3) is 0 Å². The zero-order chi connectivity index (χ0) is 41.0. The van der Waals surface area contributed by atoms with Crippen LogP contribution in [0.15, 0.2) is 4.99 Å². The zero-order valence-corrected chi connectivity index (χ0v) is 30.4. The van der Waals surface area contributed by atoms with Crippen molar-refractivity contribution in [2.45, 2.75) is 101 Å². The van der Waals surface area contributed by atoms with E-state index in [1.165, 1.54) is 18.7 Å². The van der Waals surface area contributed by atoms with Crippen LogP contribution in [0.4, 0.5) is 0 Å². The monoisotopic (exact) mass is 770 g/mol. The lowest BCUT2D eigenvalue weighted by atomic mass is 10.1. The number of guanidine groups is 1. The van der Waals surface area contributed by atoms with Gasteiger partial charge in [-0.1, -0.05) is 0 Å². The smallest absolute Gasteiger partial charge is 0.325 e. The Morgan fingerprint density at radius 2 is 1.39 bits per heavy atom. The molecule has 0 aromatic rings. The summed E-state index contributed by atoms with van der Waals surface area (Å²) in [5.41, 5.74) is 21.7. The summed E-state index contributed by atoms with van der Waals surface area (Å²) in [7, 11) is 0. The third-order valence-corrected chi connectivity index (χ3v) is 8.04. The molecule has 54 heavy (non-hydrogen) atoms. The van der Waals surface area contributed by atoms with Gasteiger partial charge >= 0.3 is 11.9 Å². The molecule has 7 amide bonds. The van der Waals surface area contributed by atoms with Gasteiger partial charge in [0.1, 0.15) is 30.2 Å². The van der Waals surface area contributed by atoms with Crippen molar-refractivity contribution in [2.75, 3.05) is 32.7 Å². The van der Waals surface area contributed by atoms with Crippen LogP contribution < -0.4 is 54.8 Å². The first kappa shape index (κ1) is 46.4. The number of amides is 7. The minimum absolute atomic E-state index is 0.0217. The number of aliphatic carboxylic acids is 2. The summed E-state index contributed by atoms with van der Waals surface area (Å²) in [5, 5.41) is 32.6. The van der Waals surface area contributed by atoms with E-state index < -0.39 is 109 Å². The number of hydrogen-bond acceptors (Lipinski definition) is 12. The Bertz CT molecular complexity index is 1390. The molecule has 0 aliphatic carbocycles. The van der Waals surface area contributed by atoms with Gasteiger partial charge < -0.3 is 69.9 Å². The zero-order valence-electron chi connectivity index (χ0n) is 30.4. The molecule has 0 unspecified atom stereocenters. The number of nitrogens with zero attached hydrogens (tertiary/aromatic N) is 2. The maximum Gasteiger partial charge on any atom is 0.325 e. The molecule has 16 N–H and O–H groups in total. The Labute approximate surface area is 311 Å². The van der Waals surface area contributed by atoms with Crippen LogP contribution in [0.1, 0.15) is 65.2 Å². The average molecular weight is 771 g/mol. The molecule has 1 aliphatic heterocycles. The molecule has 1 fully saturated rings. The number of rotatable bonds is 24. The van der Waals surface area contributed by atoms with Gasteiger partial charge in [0.05, 0.1) is 25.6 Å². The first-order chi connectivity index (χ1) is 25.4. The molecule has 0 bridgehead atoms. The topological polar surface area (TPSA) is 386 Å².